The molecule has 0 saturated carbocycles. The van der Waals surface area contributed by atoms with E-state index in [9.17, 15) is 0 Å². The minimum atomic E-state index is 0.623. The molecule has 0 radical (unpaired) electrons. The van der Waals surface area contributed by atoms with Crippen LogP contribution in [0.15, 0.2) is 46.9 Å². The zero-order valence-electron chi connectivity index (χ0n) is 8.24. The SMILES string of the molecule is N#Cc1cccc(-c2cccc(Cl)c2)c1Br. The summed E-state index contributed by atoms with van der Waals surface area (Å²) < 4.78 is 0.805. The predicted octanol–water partition coefficient (Wildman–Crippen LogP) is 4.64. The molecule has 3 heteroatoms. The van der Waals surface area contributed by atoms with Gasteiger partial charge in [0.1, 0.15) is 6.07 Å². The lowest BCUT2D eigenvalue weighted by molar-refractivity contribution is 1.46. The smallest absolute Gasteiger partial charge is 0.100 e. The van der Waals surface area contributed by atoms with E-state index in [0.717, 1.165) is 15.6 Å². The Morgan fingerprint density at radius 1 is 1.12 bits per heavy atom. The Hall–Kier alpha value is -1.30. The molecule has 0 aliphatic carbocycles. The first-order chi connectivity index (χ1) is 7.72. The molecular weight excluding hydrogens is 286 g/mol. The summed E-state index contributed by atoms with van der Waals surface area (Å²) >= 11 is 9.38. The Balaban J connectivity index is 2.62. The first-order valence-electron chi connectivity index (χ1n) is 4.67. The first-order valence-corrected chi connectivity index (χ1v) is 5.84. The molecule has 0 unspecified atom stereocenters. The second kappa shape index (κ2) is 4.69. The normalized spacial score (nSPS) is 9.81. The van der Waals surface area contributed by atoms with Crippen molar-refractivity contribution in [3.8, 4) is 17.2 Å². The number of nitrogens with zero attached hydrogens (tertiary/aromatic N) is 1. The molecule has 0 heterocycles. The molecule has 0 atom stereocenters. The number of halogens is 2. The summed E-state index contributed by atoms with van der Waals surface area (Å²) in [4.78, 5) is 0. The van der Waals surface area contributed by atoms with Crippen molar-refractivity contribution in [3.05, 3.63) is 57.5 Å². The molecule has 0 bridgehead atoms. The summed E-state index contributed by atoms with van der Waals surface area (Å²) in [6.45, 7) is 0. The second-order valence-corrected chi connectivity index (χ2v) is 4.52. The number of hydrogen-bond acceptors (Lipinski definition) is 1. The van der Waals surface area contributed by atoms with E-state index in [1.165, 1.54) is 0 Å². The van der Waals surface area contributed by atoms with Gasteiger partial charge in [0.15, 0.2) is 0 Å². The molecule has 78 valence electrons. The van der Waals surface area contributed by atoms with Crippen LogP contribution in [0.2, 0.25) is 5.02 Å². The van der Waals surface area contributed by atoms with Gasteiger partial charge in [0.25, 0.3) is 0 Å². The van der Waals surface area contributed by atoms with Gasteiger partial charge in [0.2, 0.25) is 0 Å². The fraction of sp³-hybridized carbons (Fsp3) is 0. The van der Waals surface area contributed by atoms with Gasteiger partial charge in [-0.05, 0) is 45.3 Å². The van der Waals surface area contributed by atoms with Gasteiger partial charge in [-0.15, -0.1) is 0 Å². The molecule has 2 aromatic carbocycles. The highest BCUT2D eigenvalue weighted by Crippen LogP contribution is 2.31. The maximum atomic E-state index is 8.94. The molecule has 2 rings (SSSR count). The fourth-order valence-electron chi connectivity index (χ4n) is 1.50. The Labute approximate surface area is 107 Å². The Kier molecular flexibility index (Phi) is 3.28. The average molecular weight is 293 g/mol. The highest BCUT2D eigenvalue weighted by molar-refractivity contribution is 9.10. The average Bonchev–Trinajstić information content (AvgIpc) is 2.29. The summed E-state index contributed by atoms with van der Waals surface area (Å²) in [7, 11) is 0. The topological polar surface area (TPSA) is 23.8 Å². The molecule has 0 fully saturated rings. The zero-order valence-corrected chi connectivity index (χ0v) is 10.6. The summed E-state index contributed by atoms with van der Waals surface area (Å²) in [6, 6.07) is 15.3. The lowest BCUT2D eigenvalue weighted by Crippen LogP contribution is -1.83. The maximum absolute atomic E-state index is 8.94. The third kappa shape index (κ3) is 2.11. The number of benzene rings is 2. The van der Waals surface area contributed by atoms with Gasteiger partial charge in [-0.1, -0.05) is 35.9 Å². The van der Waals surface area contributed by atoms with Gasteiger partial charge in [0.05, 0.1) is 5.56 Å². The van der Waals surface area contributed by atoms with Crippen molar-refractivity contribution in [3.63, 3.8) is 0 Å². The lowest BCUT2D eigenvalue weighted by Gasteiger charge is -2.06. The third-order valence-electron chi connectivity index (χ3n) is 2.25. The van der Waals surface area contributed by atoms with Gasteiger partial charge in [-0.2, -0.15) is 5.26 Å². The molecular formula is C13H7BrClN. The van der Waals surface area contributed by atoms with Gasteiger partial charge >= 0.3 is 0 Å². The van der Waals surface area contributed by atoms with Gasteiger partial charge < -0.3 is 0 Å². The van der Waals surface area contributed by atoms with Crippen molar-refractivity contribution >= 4 is 27.5 Å². The van der Waals surface area contributed by atoms with Crippen molar-refractivity contribution in [1.82, 2.24) is 0 Å². The predicted molar refractivity (Wildman–Crippen MR) is 69.3 cm³/mol. The number of hydrogen-bond donors (Lipinski definition) is 0. The summed E-state index contributed by atoms with van der Waals surface area (Å²) in [5.41, 5.74) is 2.59. The molecule has 0 saturated heterocycles. The summed E-state index contributed by atoms with van der Waals surface area (Å²) in [5, 5.41) is 9.63. The van der Waals surface area contributed by atoms with Crippen LogP contribution in [0.5, 0.6) is 0 Å². The Bertz CT molecular complexity index is 572. The molecule has 2 aromatic rings. The molecule has 0 spiro atoms. The summed E-state index contributed by atoms with van der Waals surface area (Å²) in [5.74, 6) is 0. The van der Waals surface area contributed by atoms with Crippen LogP contribution < -0.4 is 0 Å². The highest BCUT2D eigenvalue weighted by Gasteiger charge is 2.07. The molecule has 0 N–H and O–H groups in total. The van der Waals surface area contributed by atoms with Crippen LogP contribution in [-0.2, 0) is 0 Å². The maximum Gasteiger partial charge on any atom is 0.100 e. The third-order valence-corrected chi connectivity index (χ3v) is 3.34. The summed E-state index contributed by atoms with van der Waals surface area (Å²) in [6.07, 6.45) is 0. The fourth-order valence-corrected chi connectivity index (χ4v) is 2.27. The van der Waals surface area contributed by atoms with Crippen LogP contribution in [0.3, 0.4) is 0 Å². The van der Waals surface area contributed by atoms with E-state index in [2.05, 4.69) is 22.0 Å². The Morgan fingerprint density at radius 3 is 2.56 bits per heavy atom. The van der Waals surface area contributed by atoms with Crippen molar-refractivity contribution in [2.45, 2.75) is 0 Å². The van der Waals surface area contributed by atoms with Gasteiger partial charge in [0, 0.05) is 9.50 Å². The van der Waals surface area contributed by atoms with Crippen LogP contribution in [0, 0.1) is 11.3 Å². The van der Waals surface area contributed by atoms with E-state index in [1.54, 1.807) is 6.07 Å². The van der Waals surface area contributed by atoms with E-state index in [4.69, 9.17) is 16.9 Å². The highest BCUT2D eigenvalue weighted by atomic mass is 79.9. The minimum Gasteiger partial charge on any atom is -0.192 e. The van der Waals surface area contributed by atoms with Gasteiger partial charge in [-0.3, -0.25) is 0 Å². The standard InChI is InChI=1S/C13H7BrClN/c14-13-10(8-16)4-2-6-12(13)9-3-1-5-11(15)7-9/h1-7H. The second-order valence-electron chi connectivity index (χ2n) is 3.29. The molecule has 0 amide bonds. The van der Waals surface area contributed by atoms with Crippen LogP contribution in [0.25, 0.3) is 11.1 Å². The van der Waals surface area contributed by atoms with Crippen molar-refractivity contribution in [2.24, 2.45) is 0 Å². The molecule has 16 heavy (non-hydrogen) atoms. The van der Waals surface area contributed by atoms with Crippen LogP contribution in [-0.4, -0.2) is 0 Å². The molecule has 0 aliphatic heterocycles. The monoisotopic (exact) mass is 291 g/mol. The van der Waals surface area contributed by atoms with E-state index in [-0.39, 0.29) is 0 Å². The van der Waals surface area contributed by atoms with E-state index in [1.807, 2.05) is 36.4 Å². The van der Waals surface area contributed by atoms with Crippen molar-refractivity contribution in [1.29, 1.82) is 5.26 Å². The lowest BCUT2D eigenvalue weighted by atomic mass is 10.0. The van der Waals surface area contributed by atoms with Crippen molar-refractivity contribution in [2.75, 3.05) is 0 Å². The van der Waals surface area contributed by atoms with E-state index < -0.39 is 0 Å². The molecule has 1 nitrogen and oxygen atoms in total. The largest absolute Gasteiger partial charge is 0.192 e. The minimum absolute atomic E-state index is 0.623. The number of nitriles is 1. The van der Waals surface area contributed by atoms with E-state index in [0.29, 0.717) is 10.6 Å². The molecule has 0 aliphatic rings. The van der Waals surface area contributed by atoms with E-state index >= 15 is 0 Å². The van der Waals surface area contributed by atoms with Gasteiger partial charge in [-0.25, -0.2) is 0 Å². The van der Waals surface area contributed by atoms with Crippen LogP contribution in [0.4, 0.5) is 0 Å². The zero-order chi connectivity index (χ0) is 11.5. The Morgan fingerprint density at radius 2 is 1.88 bits per heavy atom. The molecule has 0 aromatic heterocycles. The quantitative estimate of drug-likeness (QED) is 0.751. The van der Waals surface area contributed by atoms with Crippen molar-refractivity contribution < 1.29 is 0 Å². The number of rotatable bonds is 1. The van der Waals surface area contributed by atoms with Crippen LogP contribution in [0.1, 0.15) is 5.56 Å². The first kappa shape index (κ1) is 11.2. The van der Waals surface area contributed by atoms with Crippen LogP contribution >= 0.6 is 27.5 Å².